The van der Waals surface area contributed by atoms with Crippen LogP contribution in [-0.4, -0.2) is 63.3 Å². The van der Waals surface area contributed by atoms with Crippen molar-refractivity contribution in [2.45, 2.75) is 31.8 Å². The number of carbonyl (C=O) groups is 1. The number of carboxylic acids is 1. The maximum Gasteiger partial charge on any atom is 0.303 e. The monoisotopic (exact) mass is 461 g/mol. The smallest absolute Gasteiger partial charge is 0.303 e. The first-order valence-corrected chi connectivity index (χ1v) is 11.7. The van der Waals surface area contributed by atoms with Crippen LogP contribution in [0.3, 0.4) is 0 Å². The summed E-state index contributed by atoms with van der Waals surface area (Å²) in [6, 6.07) is 17.7. The van der Waals surface area contributed by atoms with E-state index in [1.54, 1.807) is 18.3 Å². The topological polar surface area (TPSA) is 111 Å². The van der Waals surface area contributed by atoms with Crippen molar-refractivity contribution in [3.8, 4) is 17.0 Å². The zero-order valence-corrected chi connectivity index (χ0v) is 19.2. The van der Waals surface area contributed by atoms with Gasteiger partial charge in [0.25, 0.3) is 0 Å². The first kappa shape index (κ1) is 23.7. The molecular formula is C26H31N5O3. The van der Waals surface area contributed by atoms with E-state index < -0.39 is 5.97 Å². The van der Waals surface area contributed by atoms with Crippen LogP contribution in [0.15, 0.2) is 60.8 Å². The predicted molar refractivity (Wildman–Crippen MR) is 132 cm³/mol. The summed E-state index contributed by atoms with van der Waals surface area (Å²) >= 11 is 0. The lowest BCUT2D eigenvalue weighted by atomic mass is 10.0. The molecule has 1 aliphatic rings. The summed E-state index contributed by atoms with van der Waals surface area (Å²) in [6.07, 6.45) is 3.40. The fourth-order valence-electron chi connectivity index (χ4n) is 4.24. The molecule has 1 saturated heterocycles. The third-order valence-corrected chi connectivity index (χ3v) is 6.06. The summed E-state index contributed by atoms with van der Waals surface area (Å²) in [4.78, 5) is 22.4. The first-order valence-electron chi connectivity index (χ1n) is 11.7. The molecular weight excluding hydrogens is 430 g/mol. The second-order valence-electron chi connectivity index (χ2n) is 8.57. The van der Waals surface area contributed by atoms with E-state index in [2.05, 4.69) is 37.6 Å². The number of hydrogen-bond acceptors (Lipinski definition) is 7. The van der Waals surface area contributed by atoms with Gasteiger partial charge in [-0.1, -0.05) is 30.3 Å². The minimum Gasteiger partial charge on any atom is -0.508 e. The highest BCUT2D eigenvalue weighted by molar-refractivity contribution is 5.66. The van der Waals surface area contributed by atoms with E-state index in [-0.39, 0.29) is 18.2 Å². The summed E-state index contributed by atoms with van der Waals surface area (Å²) in [5, 5.41) is 25.1. The molecule has 1 aliphatic heterocycles. The fourth-order valence-corrected chi connectivity index (χ4v) is 4.24. The van der Waals surface area contributed by atoms with Crippen molar-refractivity contribution in [3.05, 3.63) is 71.9 Å². The molecule has 4 N–H and O–H groups in total. The van der Waals surface area contributed by atoms with Crippen molar-refractivity contribution >= 4 is 11.9 Å². The van der Waals surface area contributed by atoms with Crippen molar-refractivity contribution < 1.29 is 15.0 Å². The van der Waals surface area contributed by atoms with E-state index >= 15 is 0 Å². The van der Waals surface area contributed by atoms with Gasteiger partial charge in [-0.2, -0.15) is 0 Å². The second kappa shape index (κ2) is 11.6. The van der Waals surface area contributed by atoms with Crippen molar-refractivity contribution in [2.24, 2.45) is 0 Å². The molecule has 0 radical (unpaired) electrons. The van der Waals surface area contributed by atoms with E-state index in [0.29, 0.717) is 18.9 Å². The number of nitrogens with zero attached hydrogens (tertiary/aromatic N) is 3. The standard InChI is InChI=1S/C26H31N5O3/c32-23-7-4-19(5-8-23)10-12-28-26-29-13-11-24(30-26)21-3-1-2-20(16-21)18-31-15-14-27-17-22(31)6-9-25(33)34/h1-5,7-8,11,13,16,22,27,32H,6,9-10,12,14-15,17-18H2,(H,33,34)(H,28,29,30). The summed E-state index contributed by atoms with van der Waals surface area (Å²) in [5.41, 5.74) is 4.19. The Morgan fingerprint density at radius 2 is 2.00 bits per heavy atom. The zero-order valence-electron chi connectivity index (χ0n) is 19.2. The Kier molecular flexibility index (Phi) is 8.06. The Morgan fingerprint density at radius 1 is 1.15 bits per heavy atom. The van der Waals surface area contributed by atoms with Gasteiger partial charge >= 0.3 is 5.97 Å². The lowest BCUT2D eigenvalue weighted by Gasteiger charge is -2.36. The fraction of sp³-hybridized carbons (Fsp3) is 0.346. The number of aromatic hydroxyl groups is 1. The summed E-state index contributed by atoms with van der Waals surface area (Å²) in [7, 11) is 0. The molecule has 8 heteroatoms. The maximum atomic E-state index is 11.0. The quantitative estimate of drug-likeness (QED) is 0.365. The van der Waals surface area contributed by atoms with E-state index in [1.807, 2.05) is 30.3 Å². The van der Waals surface area contributed by atoms with Gasteiger partial charge in [-0.3, -0.25) is 9.69 Å². The normalized spacial score (nSPS) is 16.3. The molecule has 34 heavy (non-hydrogen) atoms. The number of aromatic nitrogens is 2. The molecule has 1 aromatic heterocycles. The summed E-state index contributed by atoms with van der Waals surface area (Å²) < 4.78 is 0. The number of anilines is 1. The van der Waals surface area contributed by atoms with Gasteiger partial charge < -0.3 is 20.8 Å². The highest BCUT2D eigenvalue weighted by atomic mass is 16.4. The van der Waals surface area contributed by atoms with Crippen molar-refractivity contribution in [1.82, 2.24) is 20.2 Å². The molecule has 0 amide bonds. The molecule has 1 fully saturated rings. The summed E-state index contributed by atoms with van der Waals surface area (Å²) in [5.74, 6) is 0.101. The highest BCUT2D eigenvalue weighted by Crippen LogP contribution is 2.21. The lowest BCUT2D eigenvalue weighted by Crippen LogP contribution is -2.50. The maximum absolute atomic E-state index is 11.0. The number of carboxylic acid groups (broad SMARTS) is 1. The van der Waals surface area contributed by atoms with Gasteiger partial charge in [-0.05, 0) is 48.2 Å². The van der Waals surface area contributed by atoms with Crippen LogP contribution in [0.4, 0.5) is 5.95 Å². The Labute approximate surface area is 199 Å². The molecule has 1 unspecified atom stereocenters. The van der Waals surface area contributed by atoms with E-state index in [9.17, 15) is 9.90 Å². The number of nitrogens with one attached hydrogen (secondary N) is 2. The average molecular weight is 462 g/mol. The average Bonchev–Trinajstić information content (AvgIpc) is 2.85. The number of piperazine rings is 1. The third-order valence-electron chi connectivity index (χ3n) is 6.06. The van der Waals surface area contributed by atoms with Gasteiger partial charge in [0.05, 0.1) is 5.69 Å². The largest absolute Gasteiger partial charge is 0.508 e. The Bertz CT molecular complexity index is 1090. The Hall–Kier alpha value is -3.49. The molecule has 0 bridgehead atoms. The second-order valence-corrected chi connectivity index (χ2v) is 8.57. The number of rotatable bonds is 10. The van der Waals surface area contributed by atoms with Gasteiger partial charge in [-0.15, -0.1) is 0 Å². The van der Waals surface area contributed by atoms with Crippen LogP contribution in [0.2, 0.25) is 0 Å². The third kappa shape index (κ3) is 6.76. The Morgan fingerprint density at radius 3 is 2.82 bits per heavy atom. The van der Waals surface area contributed by atoms with Crippen LogP contribution < -0.4 is 10.6 Å². The molecule has 0 spiro atoms. The lowest BCUT2D eigenvalue weighted by molar-refractivity contribution is -0.137. The van der Waals surface area contributed by atoms with Crippen molar-refractivity contribution in [1.29, 1.82) is 0 Å². The number of hydrogen-bond donors (Lipinski definition) is 4. The minimum atomic E-state index is -0.747. The van der Waals surface area contributed by atoms with Crippen molar-refractivity contribution in [2.75, 3.05) is 31.5 Å². The van der Waals surface area contributed by atoms with Crippen LogP contribution in [-0.2, 0) is 17.8 Å². The number of aliphatic carboxylic acids is 1. The highest BCUT2D eigenvalue weighted by Gasteiger charge is 2.23. The molecule has 178 valence electrons. The van der Waals surface area contributed by atoms with E-state index in [0.717, 1.165) is 49.4 Å². The van der Waals surface area contributed by atoms with Crippen molar-refractivity contribution in [3.63, 3.8) is 0 Å². The minimum absolute atomic E-state index is 0.187. The van der Waals surface area contributed by atoms with Crippen LogP contribution in [0.25, 0.3) is 11.3 Å². The van der Waals surface area contributed by atoms with Crippen LogP contribution in [0, 0.1) is 0 Å². The predicted octanol–water partition coefficient (Wildman–Crippen LogP) is 3.14. The molecule has 2 heterocycles. The van der Waals surface area contributed by atoms with Gasteiger partial charge in [0.2, 0.25) is 5.95 Å². The van der Waals surface area contributed by atoms with Gasteiger partial charge in [-0.25, -0.2) is 9.97 Å². The molecule has 1 atom stereocenters. The molecule has 0 aliphatic carbocycles. The van der Waals surface area contributed by atoms with E-state index in [1.165, 1.54) is 5.56 Å². The van der Waals surface area contributed by atoms with E-state index in [4.69, 9.17) is 5.11 Å². The van der Waals surface area contributed by atoms with Gasteiger partial charge in [0.1, 0.15) is 5.75 Å². The number of phenols is 1. The van der Waals surface area contributed by atoms with Gasteiger partial charge in [0, 0.05) is 56.9 Å². The number of benzene rings is 2. The molecule has 0 saturated carbocycles. The van der Waals surface area contributed by atoms with Gasteiger partial charge in [0.15, 0.2) is 0 Å². The molecule has 2 aromatic carbocycles. The summed E-state index contributed by atoms with van der Waals surface area (Å²) in [6.45, 7) is 4.10. The van der Waals surface area contributed by atoms with Crippen LogP contribution >= 0.6 is 0 Å². The molecule has 4 rings (SSSR count). The zero-order chi connectivity index (χ0) is 23.8. The number of phenolic OH excluding ortho intramolecular Hbond substituents is 1. The van der Waals surface area contributed by atoms with Crippen LogP contribution in [0.1, 0.15) is 24.0 Å². The SMILES string of the molecule is O=C(O)CCC1CNCCN1Cc1cccc(-c2ccnc(NCCc3ccc(O)cc3)n2)c1. The molecule has 8 nitrogen and oxygen atoms in total. The first-order chi connectivity index (χ1) is 16.6. The molecule has 3 aromatic rings. The Balaban J connectivity index is 1.38. The van der Waals surface area contributed by atoms with Crippen LogP contribution in [0.5, 0.6) is 5.75 Å².